The van der Waals surface area contributed by atoms with Gasteiger partial charge in [-0.2, -0.15) is 0 Å². The molecule has 0 spiro atoms. The topological polar surface area (TPSA) is 107 Å². The SMILES string of the molecule is CC(C)(C)OC(=O)N1CCCC1C(=O)N1CCC(C(=O)N2CCCC2C(=O)O)(c2ccccc2)CC1. The van der Waals surface area contributed by atoms with Crippen molar-refractivity contribution in [1.29, 1.82) is 0 Å². The minimum Gasteiger partial charge on any atom is -0.480 e. The molecule has 2 atom stereocenters. The summed E-state index contributed by atoms with van der Waals surface area (Å²) in [6, 6.07) is 8.13. The van der Waals surface area contributed by atoms with E-state index in [2.05, 4.69) is 0 Å². The van der Waals surface area contributed by atoms with E-state index < -0.39 is 35.2 Å². The van der Waals surface area contributed by atoms with E-state index in [1.807, 2.05) is 30.3 Å². The molecule has 0 saturated carbocycles. The smallest absolute Gasteiger partial charge is 0.410 e. The summed E-state index contributed by atoms with van der Waals surface area (Å²) >= 11 is 0. The quantitative estimate of drug-likeness (QED) is 0.682. The van der Waals surface area contributed by atoms with E-state index in [4.69, 9.17) is 4.74 Å². The minimum atomic E-state index is -0.972. The summed E-state index contributed by atoms with van der Waals surface area (Å²) < 4.78 is 5.52. The third-order valence-electron chi connectivity index (χ3n) is 7.63. The van der Waals surface area contributed by atoms with Crippen molar-refractivity contribution < 1.29 is 29.0 Å². The molecule has 4 rings (SSSR count). The Morgan fingerprint density at radius 3 is 2.06 bits per heavy atom. The second-order valence-corrected chi connectivity index (χ2v) is 11.1. The van der Waals surface area contributed by atoms with Gasteiger partial charge in [0.2, 0.25) is 11.8 Å². The molecule has 9 heteroatoms. The molecule has 3 heterocycles. The molecule has 3 amide bonds. The number of aliphatic carboxylic acids is 1. The van der Waals surface area contributed by atoms with Gasteiger partial charge >= 0.3 is 12.1 Å². The summed E-state index contributed by atoms with van der Waals surface area (Å²) in [5, 5.41) is 9.67. The Hall–Kier alpha value is -3.10. The normalized spacial score (nSPS) is 24.0. The van der Waals surface area contributed by atoms with Crippen LogP contribution in [0.15, 0.2) is 30.3 Å². The predicted octanol–water partition coefficient (Wildman–Crippen LogP) is 3.02. The Balaban J connectivity index is 1.52. The van der Waals surface area contributed by atoms with Crippen LogP contribution in [0, 0.1) is 0 Å². The Labute approximate surface area is 212 Å². The predicted molar refractivity (Wildman–Crippen MR) is 132 cm³/mol. The van der Waals surface area contributed by atoms with E-state index in [0.717, 1.165) is 12.0 Å². The highest BCUT2D eigenvalue weighted by Gasteiger charge is 2.50. The molecule has 3 fully saturated rings. The number of carbonyl (C=O) groups is 4. The van der Waals surface area contributed by atoms with Gasteiger partial charge in [0, 0.05) is 26.2 Å². The van der Waals surface area contributed by atoms with E-state index in [1.54, 1.807) is 25.7 Å². The Morgan fingerprint density at radius 1 is 0.889 bits per heavy atom. The number of ether oxygens (including phenoxy) is 1. The summed E-state index contributed by atoms with van der Waals surface area (Å²) in [6.45, 7) is 7.05. The number of amides is 3. The number of likely N-dealkylation sites (tertiary alicyclic amines) is 3. The number of nitrogens with zero attached hydrogens (tertiary/aromatic N) is 3. The molecule has 1 aromatic carbocycles. The minimum absolute atomic E-state index is 0.114. The van der Waals surface area contributed by atoms with Crippen LogP contribution in [0.3, 0.4) is 0 Å². The fourth-order valence-electron chi connectivity index (χ4n) is 5.81. The summed E-state index contributed by atoms with van der Waals surface area (Å²) in [6.07, 6.45) is 2.79. The van der Waals surface area contributed by atoms with Crippen LogP contribution in [0.4, 0.5) is 4.79 Å². The molecule has 0 aliphatic carbocycles. The van der Waals surface area contributed by atoms with Crippen molar-refractivity contribution in [3.8, 4) is 0 Å². The fourth-order valence-corrected chi connectivity index (χ4v) is 5.81. The van der Waals surface area contributed by atoms with Gasteiger partial charge in [-0.3, -0.25) is 14.5 Å². The van der Waals surface area contributed by atoms with Gasteiger partial charge < -0.3 is 19.6 Å². The van der Waals surface area contributed by atoms with Crippen LogP contribution in [-0.4, -0.2) is 87.5 Å². The van der Waals surface area contributed by atoms with E-state index in [0.29, 0.717) is 58.3 Å². The van der Waals surface area contributed by atoms with Crippen molar-refractivity contribution in [3.63, 3.8) is 0 Å². The third-order valence-corrected chi connectivity index (χ3v) is 7.63. The van der Waals surface area contributed by atoms with Crippen LogP contribution in [0.2, 0.25) is 0 Å². The molecule has 2 unspecified atom stereocenters. The van der Waals surface area contributed by atoms with Crippen LogP contribution in [-0.2, 0) is 24.5 Å². The molecular weight excluding hydrogens is 462 g/mol. The summed E-state index contributed by atoms with van der Waals surface area (Å²) in [5.41, 5.74) is -0.664. The van der Waals surface area contributed by atoms with Crippen LogP contribution in [0.1, 0.15) is 64.9 Å². The average molecular weight is 500 g/mol. The number of hydrogen-bond acceptors (Lipinski definition) is 5. The molecule has 36 heavy (non-hydrogen) atoms. The zero-order valence-electron chi connectivity index (χ0n) is 21.4. The first-order valence-corrected chi connectivity index (χ1v) is 12.9. The summed E-state index contributed by atoms with van der Waals surface area (Å²) in [4.78, 5) is 56.7. The molecule has 3 aliphatic rings. The third kappa shape index (κ3) is 5.06. The first-order chi connectivity index (χ1) is 17.0. The highest BCUT2D eigenvalue weighted by molar-refractivity contribution is 5.93. The number of piperidine rings is 1. The molecule has 0 radical (unpaired) electrons. The van der Waals surface area contributed by atoms with E-state index in [1.165, 1.54) is 9.80 Å². The molecule has 9 nitrogen and oxygen atoms in total. The van der Waals surface area contributed by atoms with Gasteiger partial charge in [0.05, 0.1) is 5.41 Å². The maximum atomic E-state index is 13.9. The van der Waals surface area contributed by atoms with Crippen molar-refractivity contribution >= 4 is 23.9 Å². The molecule has 0 aromatic heterocycles. The van der Waals surface area contributed by atoms with Gasteiger partial charge in [-0.1, -0.05) is 30.3 Å². The zero-order valence-corrected chi connectivity index (χ0v) is 21.4. The Morgan fingerprint density at radius 2 is 1.47 bits per heavy atom. The molecule has 0 bridgehead atoms. The van der Waals surface area contributed by atoms with Crippen molar-refractivity contribution in [2.75, 3.05) is 26.2 Å². The first-order valence-electron chi connectivity index (χ1n) is 12.9. The summed E-state index contributed by atoms with van der Waals surface area (Å²) in [5.74, 6) is -1.25. The number of carboxylic acid groups (broad SMARTS) is 1. The molecule has 1 aromatic rings. The fraction of sp³-hybridized carbons (Fsp3) is 0.630. The largest absolute Gasteiger partial charge is 0.480 e. The highest BCUT2D eigenvalue weighted by Crippen LogP contribution is 2.40. The highest BCUT2D eigenvalue weighted by atomic mass is 16.6. The lowest BCUT2D eigenvalue weighted by molar-refractivity contribution is -0.152. The second kappa shape index (κ2) is 10.1. The first kappa shape index (κ1) is 26.0. The number of rotatable bonds is 4. The van der Waals surface area contributed by atoms with Crippen LogP contribution < -0.4 is 0 Å². The summed E-state index contributed by atoms with van der Waals surface area (Å²) in [7, 11) is 0. The Bertz CT molecular complexity index is 997. The number of carboxylic acids is 1. The lowest BCUT2D eigenvalue weighted by Gasteiger charge is -2.44. The van der Waals surface area contributed by atoms with Crippen molar-refractivity contribution in [1.82, 2.24) is 14.7 Å². The molecule has 1 N–H and O–H groups in total. The van der Waals surface area contributed by atoms with E-state index in [-0.39, 0.29) is 11.8 Å². The van der Waals surface area contributed by atoms with Gasteiger partial charge in [0.1, 0.15) is 17.7 Å². The van der Waals surface area contributed by atoms with Crippen molar-refractivity contribution in [3.05, 3.63) is 35.9 Å². The standard InChI is InChI=1S/C27H37N3O6/c1-26(2,3)36-25(35)30-16-7-11-20(30)22(31)28-17-13-27(14-18-28,19-9-5-4-6-10-19)24(34)29-15-8-12-21(29)23(32)33/h4-6,9-10,20-21H,7-8,11-18H2,1-3H3,(H,32,33). The number of benzene rings is 1. The van der Waals surface area contributed by atoms with Crippen molar-refractivity contribution in [2.24, 2.45) is 0 Å². The lowest BCUT2D eigenvalue weighted by Crippen LogP contribution is -2.57. The van der Waals surface area contributed by atoms with Crippen LogP contribution in [0.25, 0.3) is 0 Å². The molecule has 3 aliphatic heterocycles. The van der Waals surface area contributed by atoms with E-state index >= 15 is 0 Å². The van der Waals surface area contributed by atoms with Gasteiger partial charge in [-0.05, 0) is 64.9 Å². The number of carbonyl (C=O) groups excluding carboxylic acids is 3. The van der Waals surface area contributed by atoms with Gasteiger partial charge in [0.15, 0.2) is 0 Å². The Kier molecular flexibility index (Phi) is 7.29. The molecular formula is C27H37N3O6. The van der Waals surface area contributed by atoms with Gasteiger partial charge in [-0.25, -0.2) is 9.59 Å². The zero-order chi connectivity index (χ0) is 26.1. The monoisotopic (exact) mass is 499 g/mol. The number of hydrogen-bond donors (Lipinski definition) is 1. The van der Waals surface area contributed by atoms with E-state index in [9.17, 15) is 24.3 Å². The molecule has 3 saturated heterocycles. The van der Waals surface area contributed by atoms with Crippen LogP contribution in [0.5, 0.6) is 0 Å². The maximum absolute atomic E-state index is 13.9. The lowest BCUT2D eigenvalue weighted by atomic mass is 9.71. The van der Waals surface area contributed by atoms with Crippen molar-refractivity contribution in [2.45, 2.75) is 82.4 Å². The molecule has 196 valence electrons. The van der Waals surface area contributed by atoms with Crippen LogP contribution >= 0.6 is 0 Å². The van der Waals surface area contributed by atoms with Gasteiger partial charge in [0.25, 0.3) is 0 Å². The average Bonchev–Trinajstić information content (AvgIpc) is 3.53. The maximum Gasteiger partial charge on any atom is 0.410 e. The second-order valence-electron chi connectivity index (χ2n) is 11.1. The van der Waals surface area contributed by atoms with Gasteiger partial charge in [-0.15, -0.1) is 0 Å².